The van der Waals surface area contributed by atoms with Crippen molar-refractivity contribution in [3.63, 3.8) is 0 Å². The Balaban J connectivity index is 2.10. The number of aromatic nitrogens is 2. The molecule has 4 nitrogen and oxygen atoms in total. The van der Waals surface area contributed by atoms with Crippen molar-refractivity contribution < 1.29 is 9.26 Å². The van der Waals surface area contributed by atoms with Crippen LogP contribution in [0.2, 0.25) is 0 Å². The first-order valence-corrected chi connectivity index (χ1v) is 6.09. The molecular weight excluding hydrogens is 228 g/mol. The predicted octanol–water partition coefficient (Wildman–Crippen LogP) is 3.39. The van der Waals surface area contributed by atoms with Crippen molar-refractivity contribution in [2.45, 2.75) is 40.2 Å². The lowest BCUT2D eigenvalue weighted by Gasteiger charge is -2.11. The van der Waals surface area contributed by atoms with Gasteiger partial charge in [0.05, 0.1) is 0 Å². The van der Waals surface area contributed by atoms with Crippen LogP contribution in [0.4, 0.5) is 0 Å². The zero-order valence-electron chi connectivity index (χ0n) is 11.2. The monoisotopic (exact) mass is 246 g/mol. The van der Waals surface area contributed by atoms with Gasteiger partial charge < -0.3 is 9.26 Å². The van der Waals surface area contributed by atoms with Gasteiger partial charge in [0.15, 0.2) is 6.61 Å². The van der Waals surface area contributed by atoms with E-state index in [2.05, 4.69) is 42.2 Å². The van der Waals surface area contributed by atoms with Crippen molar-refractivity contribution in [2.24, 2.45) is 0 Å². The second-order valence-electron chi connectivity index (χ2n) is 4.70. The number of aryl methyl sites for hydroxylation is 2. The Hall–Kier alpha value is -1.84. The molecule has 0 unspecified atom stereocenters. The molecule has 2 aromatic rings. The second-order valence-corrected chi connectivity index (χ2v) is 4.70. The van der Waals surface area contributed by atoms with Crippen LogP contribution >= 0.6 is 0 Å². The van der Waals surface area contributed by atoms with Gasteiger partial charge in [-0.2, -0.15) is 4.98 Å². The number of benzene rings is 1. The largest absolute Gasteiger partial charge is 0.485 e. The normalized spacial score (nSPS) is 10.9. The van der Waals surface area contributed by atoms with Gasteiger partial charge in [0.1, 0.15) is 5.75 Å². The van der Waals surface area contributed by atoms with Gasteiger partial charge in [0, 0.05) is 6.92 Å². The van der Waals surface area contributed by atoms with Crippen molar-refractivity contribution >= 4 is 0 Å². The maximum Gasteiger partial charge on any atom is 0.223 e. The van der Waals surface area contributed by atoms with Crippen LogP contribution in [-0.2, 0) is 6.61 Å². The molecule has 0 saturated heterocycles. The molecule has 0 aliphatic heterocycles. The summed E-state index contributed by atoms with van der Waals surface area (Å²) in [4.78, 5) is 4.11. The molecular formula is C14H18N2O2. The van der Waals surface area contributed by atoms with Gasteiger partial charge in [-0.3, -0.25) is 0 Å². The summed E-state index contributed by atoms with van der Waals surface area (Å²) in [6.45, 7) is 8.45. The molecule has 2 rings (SSSR count). The molecule has 0 saturated carbocycles. The fourth-order valence-electron chi connectivity index (χ4n) is 1.67. The average molecular weight is 246 g/mol. The van der Waals surface area contributed by atoms with Crippen LogP contribution in [-0.4, -0.2) is 10.1 Å². The third kappa shape index (κ3) is 2.88. The third-order valence-electron chi connectivity index (χ3n) is 2.81. The van der Waals surface area contributed by atoms with Crippen LogP contribution in [0.5, 0.6) is 5.75 Å². The minimum absolute atomic E-state index is 0.333. The van der Waals surface area contributed by atoms with Crippen LogP contribution in [0.1, 0.15) is 42.6 Å². The Morgan fingerprint density at radius 1 is 1.28 bits per heavy atom. The summed E-state index contributed by atoms with van der Waals surface area (Å²) >= 11 is 0. The van der Waals surface area contributed by atoms with E-state index in [0.29, 0.717) is 24.2 Å². The van der Waals surface area contributed by atoms with E-state index in [1.165, 1.54) is 5.56 Å². The Labute approximate surface area is 107 Å². The smallest absolute Gasteiger partial charge is 0.223 e. The summed E-state index contributed by atoms with van der Waals surface area (Å²) in [5, 5.41) is 3.81. The summed E-state index contributed by atoms with van der Waals surface area (Å²) < 4.78 is 10.6. The van der Waals surface area contributed by atoms with Crippen LogP contribution in [0.15, 0.2) is 22.7 Å². The van der Waals surface area contributed by atoms with Gasteiger partial charge in [-0.25, -0.2) is 0 Å². The van der Waals surface area contributed by atoms with Crippen LogP contribution < -0.4 is 4.74 Å². The summed E-state index contributed by atoms with van der Waals surface area (Å²) in [6, 6.07) is 6.28. The van der Waals surface area contributed by atoms with Gasteiger partial charge >= 0.3 is 0 Å². The molecule has 18 heavy (non-hydrogen) atoms. The molecule has 1 heterocycles. The molecule has 0 amide bonds. The highest BCUT2D eigenvalue weighted by Crippen LogP contribution is 2.24. The minimum Gasteiger partial charge on any atom is -0.485 e. The molecule has 0 bridgehead atoms. The number of hydrogen-bond acceptors (Lipinski definition) is 4. The highest BCUT2D eigenvalue weighted by atomic mass is 16.5. The molecule has 0 fully saturated rings. The first kappa shape index (κ1) is 12.6. The SMILES string of the molecule is Cc1nc(COc2cc(C(C)C)ccc2C)no1. The number of nitrogens with zero attached hydrogens (tertiary/aromatic N) is 2. The van der Waals surface area contributed by atoms with E-state index >= 15 is 0 Å². The van der Waals surface area contributed by atoms with Gasteiger partial charge in [0.2, 0.25) is 11.7 Å². The van der Waals surface area contributed by atoms with Crippen molar-refractivity contribution in [1.82, 2.24) is 10.1 Å². The zero-order valence-corrected chi connectivity index (χ0v) is 11.2. The van der Waals surface area contributed by atoms with Gasteiger partial charge in [-0.15, -0.1) is 0 Å². The Morgan fingerprint density at radius 2 is 2.06 bits per heavy atom. The average Bonchev–Trinajstić information content (AvgIpc) is 2.74. The maximum absolute atomic E-state index is 5.74. The van der Waals surface area contributed by atoms with Crippen molar-refractivity contribution in [3.05, 3.63) is 41.0 Å². The summed E-state index contributed by atoms with van der Waals surface area (Å²) in [6.07, 6.45) is 0. The minimum atomic E-state index is 0.333. The molecule has 4 heteroatoms. The van der Waals surface area contributed by atoms with E-state index < -0.39 is 0 Å². The highest BCUT2D eigenvalue weighted by Gasteiger charge is 2.07. The summed E-state index contributed by atoms with van der Waals surface area (Å²) in [5.74, 6) is 2.49. The molecule has 0 radical (unpaired) electrons. The van der Waals surface area contributed by atoms with Gasteiger partial charge in [-0.1, -0.05) is 31.1 Å². The van der Waals surface area contributed by atoms with E-state index in [9.17, 15) is 0 Å². The van der Waals surface area contributed by atoms with Gasteiger partial charge in [-0.05, 0) is 30.0 Å². The Bertz CT molecular complexity index is 532. The topological polar surface area (TPSA) is 48.2 Å². The highest BCUT2D eigenvalue weighted by molar-refractivity contribution is 5.37. The van der Waals surface area contributed by atoms with Crippen molar-refractivity contribution in [3.8, 4) is 5.75 Å². The molecule has 0 aliphatic carbocycles. The fraction of sp³-hybridized carbons (Fsp3) is 0.429. The van der Waals surface area contributed by atoms with E-state index in [0.717, 1.165) is 11.3 Å². The first-order valence-electron chi connectivity index (χ1n) is 6.09. The number of rotatable bonds is 4. The lowest BCUT2D eigenvalue weighted by Crippen LogP contribution is -2.00. The first-order chi connectivity index (χ1) is 8.56. The second kappa shape index (κ2) is 5.21. The molecule has 0 atom stereocenters. The van der Waals surface area contributed by atoms with E-state index in [1.807, 2.05) is 6.92 Å². The van der Waals surface area contributed by atoms with E-state index in [4.69, 9.17) is 9.26 Å². The third-order valence-corrected chi connectivity index (χ3v) is 2.81. The van der Waals surface area contributed by atoms with E-state index in [-0.39, 0.29) is 0 Å². The Kier molecular flexibility index (Phi) is 3.65. The number of ether oxygens (including phenoxy) is 1. The fourth-order valence-corrected chi connectivity index (χ4v) is 1.67. The van der Waals surface area contributed by atoms with Crippen molar-refractivity contribution in [1.29, 1.82) is 0 Å². The molecule has 0 N–H and O–H groups in total. The molecule has 0 aliphatic rings. The van der Waals surface area contributed by atoms with Crippen LogP contribution in [0, 0.1) is 13.8 Å². The van der Waals surface area contributed by atoms with E-state index in [1.54, 1.807) is 6.92 Å². The maximum atomic E-state index is 5.74. The lowest BCUT2D eigenvalue weighted by molar-refractivity contribution is 0.283. The molecule has 0 spiro atoms. The summed E-state index contributed by atoms with van der Waals surface area (Å²) in [5.41, 5.74) is 2.37. The van der Waals surface area contributed by atoms with Crippen molar-refractivity contribution in [2.75, 3.05) is 0 Å². The molecule has 1 aromatic heterocycles. The predicted molar refractivity (Wildman–Crippen MR) is 68.6 cm³/mol. The Morgan fingerprint density at radius 3 is 2.67 bits per heavy atom. The quantitative estimate of drug-likeness (QED) is 0.829. The van der Waals surface area contributed by atoms with Crippen LogP contribution in [0.3, 0.4) is 0 Å². The summed E-state index contributed by atoms with van der Waals surface area (Å²) in [7, 11) is 0. The standard InChI is InChI=1S/C14H18N2O2/c1-9(2)12-6-5-10(3)13(7-12)17-8-14-15-11(4)18-16-14/h5-7,9H,8H2,1-4H3. The van der Waals surface area contributed by atoms with Gasteiger partial charge in [0.25, 0.3) is 0 Å². The van der Waals surface area contributed by atoms with Crippen LogP contribution in [0.25, 0.3) is 0 Å². The lowest BCUT2D eigenvalue weighted by atomic mass is 10.0. The molecule has 1 aromatic carbocycles. The molecule has 96 valence electrons. The number of hydrogen-bond donors (Lipinski definition) is 0. The zero-order chi connectivity index (χ0) is 13.1.